The van der Waals surface area contributed by atoms with Crippen molar-refractivity contribution in [1.29, 1.82) is 0 Å². The molecule has 0 spiro atoms. The van der Waals surface area contributed by atoms with Crippen molar-refractivity contribution in [2.24, 2.45) is 0 Å². The maximum atomic E-state index is 11.1. The van der Waals surface area contributed by atoms with Gasteiger partial charge in [-0.25, -0.2) is 0 Å². The minimum Gasteiger partial charge on any atom is -0.871 e. The van der Waals surface area contributed by atoms with Gasteiger partial charge in [-0.2, -0.15) is 0 Å². The predicted octanol–water partition coefficient (Wildman–Crippen LogP) is -0.422. The van der Waals surface area contributed by atoms with Crippen LogP contribution in [-0.2, 0) is 0 Å². The summed E-state index contributed by atoms with van der Waals surface area (Å²) in [7, 11) is 0. The number of benzene rings is 1. The molecule has 5 heteroatoms. The molecule has 0 aliphatic carbocycles. The second-order valence-electron chi connectivity index (χ2n) is 1.70. The first-order chi connectivity index (χ1) is 4.61. The molecule has 0 amide bonds. The van der Waals surface area contributed by atoms with Gasteiger partial charge in [-0.1, -0.05) is 5.75 Å². The van der Waals surface area contributed by atoms with Crippen molar-refractivity contribution >= 4 is 67.8 Å². The Bertz CT molecular complexity index is 241. The minimum absolute atomic E-state index is 0. The van der Waals surface area contributed by atoms with E-state index in [1.54, 1.807) is 0 Å². The zero-order valence-electron chi connectivity index (χ0n) is 5.70. The molecule has 0 atom stereocenters. The molecule has 0 aliphatic rings. The first-order valence-corrected chi connectivity index (χ1v) is 5.66. The summed E-state index contributed by atoms with van der Waals surface area (Å²) in [5.41, 5.74) is 0. The summed E-state index contributed by atoms with van der Waals surface area (Å²) < 4.78 is 2.72. The third-order valence-corrected chi connectivity index (χ3v) is 3.19. The fraction of sp³-hybridized carbons (Fsp3) is 0. The molecule has 0 saturated heterocycles. The Morgan fingerprint density at radius 1 is 1.00 bits per heavy atom. The maximum Gasteiger partial charge on any atom is 1.00 e. The second-order valence-corrected chi connectivity index (χ2v) is 5.27. The molecule has 0 bridgehead atoms. The number of hydrogen-bond donors (Lipinski definition) is 0. The van der Waals surface area contributed by atoms with E-state index in [0.717, 1.165) is 10.7 Å². The van der Waals surface area contributed by atoms with E-state index in [4.69, 9.17) is 0 Å². The number of rotatable bonds is 0. The molecule has 0 heterocycles. The molecule has 1 aromatic carbocycles. The smallest absolute Gasteiger partial charge is 0.871 e. The Labute approximate surface area is 118 Å². The van der Waals surface area contributed by atoms with E-state index in [0.29, 0.717) is 0 Å². The monoisotopic (exact) mass is 478 g/mol. The van der Waals surface area contributed by atoms with Gasteiger partial charge in [0.15, 0.2) is 0 Å². The maximum absolute atomic E-state index is 11.1. The normalized spacial score (nSPS) is 9.00. The molecule has 1 aromatic rings. The van der Waals surface area contributed by atoms with Gasteiger partial charge in [0.2, 0.25) is 0 Å². The van der Waals surface area contributed by atoms with Crippen LogP contribution in [0.3, 0.4) is 0 Å². The standard InChI is InChI=1S/C6H3I3O.Li/c7-3-1-4(8)6(10)5(9)2-3;/h1-2,10H;/q;+1/p-1. The third kappa shape index (κ3) is 3.58. The molecule has 0 radical (unpaired) electrons. The summed E-state index contributed by atoms with van der Waals surface area (Å²) in [6, 6.07) is 3.76. The Morgan fingerprint density at radius 3 is 1.73 bits per heavy atom. The van der Waals surface area contributed by atoms with E-state index < -0.39 is 0 Å². The summed E-state index contributed by atoms with van der Waals surface area (Å²) in [6.07, 6.45) is 0. The van der Waals surface area contributed by atoms with Gasteiger partial charge < -0.3 is 5.11 Å². The Kier molecular flexibility index (Phi) is 6.43. The van der Waals surface area contributed by atoms with Crippen molar-refractivity contribution in [2.75, 3.05) is 0 Å². The molecule has 0 N–H and O–H groups in total. The zero-order chi connectivity index (χ0) is 7.72. The van der Waals surface area contributed by atoms with Crippen molar-refractivity contribution in [2.45, 2.75) is 0 Å². The summed E-state index contributed by atoms with van der Waals surface area (Å²) in [6.45, 7) is 0. The van der Waals surface area contributed by atoms with Gasteiger partial charge in [0.25, 0.3) is 0 Å². The van der Waals surface area contributed by atoms with Crippen LogP contribution in [0.1, 0.15) is 0 Å². The fourth-order valence-corrected chi connectivity index (χ4v) is 4.11. The van der Waals surface area contributed by atoms with Crippen molar-refractivity contribution in [1.82, 2.24) is 0 Å². The summed E-state index contributed by atoms with van der Waals surface area (Å²) >= 11 is 6.31. The Morgan fingerprint density at radius 2 is 1.36 bits per heavy atom. The first kappa shape index (κ1) is 12.8. The van der Waals surface area contributed by atoms with Crippen LogP contribution in [-0.4, -0.2) is 0 Å². The molecular formula is C6H2I3LiO. The van der Waals surface area contributed by atoms with Crippen molar-refractivity contribution in [3.8, 4) is 5.75 Å². The van der Waals surface area contributed by atoms with Gasteiger partial charge in [0.05, 0.1) is 0 Å². The first-order valence-electron chi connectivity index (χ1n) is 2.43. The van der Waals surface area contributed by atoms with Crippen LogP contribution in [0.2, 0.25) is 0 Å². The quantitative estimate of drug-likeness (QED) is 0.368. The Balaban J connectivity index is 0.000001000. The van der Waals surface area contributed by atoms with E-state index >= 15 is 0 Å². The third-order valence-electron chi connectivity index (χ3n) is 0.963. The van der Waals surface area contributed by atoms with E-state index in [9.17, 15) is 5.11 Å². The van der Waals surface area contributed by atoms with E-state index in [1.165, 1.54) is 0 Å². The molecule has 0 saturated carbocycles. The van der Waals surface area contributed by atoms with Crippen LogP contribution in [0.4, 0.5) is 0 Å². The molecule has 0 unspecified atom stereocenters. The van der Waals surface area contributed by atoms with Crippen molar-refractivity contribution < 1.29 is 24.0 Å². The van der Waals surface area contributed by atoms with Gasteiger partial charge in [0.1, 0.15) is 0 Å². The summed E-state index contributed by atoms with van der Waals surface area (Å²) in [5.74, 6) is 0.140. The van der Waals surface area contributed by atoms with Gasteiger partial charge in [-0.3, -0.25) is 0 Å². The molecule has 0 fully saturated rings. The minimum atomic E-state index is 0. The number of halogens is 3. The van der Waals surface area contributed by atoms with Crippen LogP contribution in [0.5, 0.6) is 5.75 Å². The van der Waals surface area contributed by atoms with Crippen LogP contribution in [0.25, 0.3) is 0 Å². The average Bonchev–Trinajstić information content (AvgIpc) is 1.82. The molecular weight excluding hydrogens is 476 g/mol. The van der Waals surface area contributed by atoms with Gasteiger partial charge in [-0.05, 0) is 79.9 Å². The average molecular weight is 478 g/mol. The van der Waals surface area contributed by atoms with E-state index in [2.05, 4.69) is 67.8 Å². The molecule has 1 nitrogen and oxygen atoms in total. The Hall–Kier alpha value is 1.81. The van der Waals surface area contributed by atoms with Crippen molar-refractivity contribution in [3.05, 3.63) is 22.8 Å². The molecule has 11 heavy (non-hydrogen) atoms. The van der Waals surface area contributed by atoms with Gasteiger partial charge >= 0.3 is 18.9 Å². The van der Waals surface area contributed by atoms with E-state index in [1.807, 2.05) is 12.1 Å². The topological polar surface area (TPSA) is 23.1 Å². The largest absolute Gasteiger partial charge is 1.00 e. The van der Waals surface area contributed by atoms with Crippen LogP contribution < -0.4 is 24.0 Å². The SMILES string of the molecule is [Li+].[O-]c1c(I)cc(I)cc1I. The molecule has 1 rings (SSSR count). The van der Waals surface area contributed by atoms with Crippen LogP contribution in [0.15, 0.2) is 12.1 Å². The molecule has 54 valence electrons. The van der Waals surface area contributed by atoms with E-state index in [-0.39, 0.29) is 24.6 Å². The molecule has 0 aliphatic heterocycles. The van der Waals surface area contributed by atoms with Gasteiger partial charge in [-0.15, -0.1) is 0 Å². The second kappa shape index (κ2) is 5.52. The van der Waals surface area contributed by atoms with Gasteiger partial charge in [0, 0.05) is 10.7 Å². The molecule has 0 aromatic heterocycles. The predicted molar refractivity (Wildman–Crippen MR) is 64.0 cm³/mol. The fourth-order valence-electron chi connectivity index (χ4n) is 0.529. The number of hydrogen-bond acceptors (Lipinski definition) is 1. The summed E-state index contributed by atoms with van der Waals surface area (Å²) in [5, 5.41) is 11.1. The van der Waals surface area contributed by atoms with Crippen molar-refractivity contribution in [3.63, 3.8) is 0 Å². The van der Waals surface area contributed by atoms with Crippen LogP contribution in [0, 0.1) is 10.7 Å². The van der Waals surface area contributed by atoms with Crippen LogP contribution >= 0.6 is 67.8 Å². The zero-order valence-corrected chi connectivity index (χ0v) is 12.2. The summed E-state index contributed by atoms with van der Waals surface area (Å²) in [4.78, 5) is 0.